The van der Waals surface area contributed by atoms with Gasteiger partial charge in [-0.1, -0.05) is 48.3 Å². The third-order valence-corrected chi connectivity index (χ3v) is 6.42. The van der Waals surface area contributed by atoms with Crippen LogP contribution in [0.25, 0.3) is 0 Å². The number of hydrogen-bond acceptors (Lipinski definition) is 4. The molecule has 2 amide bonds. The molecule has 0 N–H and O–H groups in total. The van der Waals surface area contributed by atoms with Crippen LogP contribution in [0.5, 0.6) is 0 Å². The summed E-state index contributed by atoms with van der Waals surface area (Å²) < 4.78 is 5.21. The van der Waals surface area contributed by atoms with E-state index < -0.39 is 5.54 Å². The normalized spacial score (nSPS) is 27.8. The lowest BCUT2D eigenvalue weighted by Crippen LogP contribution is -2.58. The summed E-state index contributed by atoms with van der Waals surface area (Å²) in [6, 6.07) is 11.6. The summed E-state index contributed by atoms with van der Waals surface area (Å²) in [6.07, 6.45) is 6.23. The van der Waals surface area contributed by atoms with Gasteiger partial charge in [0.15, 0.2) is 0 Å². The molecule has 0 spiro atoms. The first-order valence-electron chi connectivity index (χ1n) is 10.1. The highest BCUT2D eigenvalue weighted by molar-refractivity contribution is 5.92. The molecule has 2 aromatic rings. The largest absolute Gasteiger partial charge is 0.351 e. The van der Waals surface area contributed by atoms with Crippen LogP contribution in [0.4, 0.5) is 0 Å². The van der Waals surface area contributed by atoms with Crippen molar-refractivity contribution in [1.82, 2.24) is 15.0 Å². The summed E-state index contributed by atoms with van der Waals surface area (Å²) >= 11 is 0. The zero-order valence-electron chi connectivity index (χ0n) is 16.5. The second kappa shape index (κ2) is 7.41. The molecule has 2 saturated heterocycles. The molecular weight excluding hydrogens is 354 g/mol. The van der Waals surface area contributed by atoms with Crippen LogP contribution in [0.1, 0.15) is 68.1 Å². The molecule has 0 radical (unpaired) electrons. The maximum Gasteiger partial charge on any atom is 0.293 e. The molecule has 148 valence electrons. The minimum Gasteiger partial charge on any atom is -0.351 e. The Hall–Kier alpha value is -2.63. The second-order valence-electron chi connectivity index (χ2n) is 8.11. The van der Waals surface area contributed by atoms with Crippen LogP contribution in [0.2, 0.25) is 0 Å². The number of carbonyl (C=O) groups excluding carboxylic acids is 2. The van der Waals surface area contributed by atoms with Gasteiger partial charge in [-0.25, -0.2) is 0 Å². The van der Waals surface area contributed by atoms with E-state index in [4.69, 9.17) is 4.52 Å². The van der Waals surface area contributed by atoms with Gasteiger partial charge in [0.05, 0.1) is 23.8 Å². The molecular formula is C22H27N3O3. The van der Waals surface area contributed by atoms with E-state index >= 15 is 0 Å². The Balaban J connectivity index is 1.81. The highest BCUT2D eigenvalue weighted by Crippen LogP contribution is 2.48. The molecule has 6 nitrogen and oxygen atoms in total. The molecule has 0 saturated carbocycles. The van der Waals surface area contributed by atoms with E-state index in [9.17, 15) is 9.59 Å². The standard InChI is InChI=1S/C22H27N3O3/c1-16(26)24-14-8-4-7-11-20-22(24,2)15-18(17-9-5-3-6-10-17)25(20)21(27)19-12-13-23-28-19/h3,5-6,9-10,12-13,18,20H,4,7-8,11,14-15H2,1-2H3/t18-,20-,22-/m0/s1. The number of carbonyl (C=O) groups is 2. The molecule has 0 aliphatic carbocycles. The van der Waals surface area contributed by atoms with Crippen molar-refractivity contribution in [2.75, 3.05) is 6.54 Å². The van der Waals surface area contributed by atoms with E-state index in [1.54, 1.807) is 13.0 Å². The fourth-order valence-corrected chi connectivity index (χ4v) is 5.13. The molecule has 0 bridgehead atoms. The lowest BCUT2D eigenvalue weighted by Gasteiger charge is -2.45. The number of benzene rings is 1. The third kappa shape index (κ3) is 3.11. The van der Waals surface area contributed by atoms with Crippen LogP contribution in [-0.2, 0) is 4.79 Å². The summed E-state index contributed by atoms with van der Waals surface area (Å²) in [7, 11) is 0. The van der Waals surface area contributed by atoms with E-state index in [0.29, 0.717) is 0 Å². The average Bonchev–Trinajstić information content (AvgIpc) is 3.30. The lowest BCUT2D eigenvalue weighted by molar-refractivity contribution is -0.136. The van der Waals surface area contributed by atoms with Gasteiger partial charge in [0, 0.05) is 19.5 Å². The van der Waals surface area contributed by atoms with Crippen molar-refractivity contribution in [3.8, 4) is 0 Å². The van der Waals surface area contributed by atoms with E-state index in [2.05, 4.69) is 24.2 Å². The molecule has 3 heterocycles. The van der Waals surface area contributed by atoms with Gasteiger partial charge >= 0.3 is 0 Å². The van der Waals surface area contributed by atoms with Gasteiger partial charge in [0.25, 0.3) is 5.91 Å². The number of aromatic nitrogens is 1. The quantitative estimate of drug-likeness (QED) is 0.793. The number of amides is 2. The SMILES string of the molecule is CC(=O)N1CCCCC[C@@H]2N(C(=O)c3ccno3)[C@H](c3ccccc3)C[C@@]21C. The van der Waals surface area contributed by atoms with Crippen molar-refractivity contribution in [3.63, 3.8) is 0 Å². The van der Waals surface area contributed by atoms with Crippen LogP contribution < -0.4 is 0 Å². The highest BCUT2D eigenvalue weighted by atomic mass is 16.5. The first kappa shape index (κ1) is 18.7. The lowest BCUT2D eigenvalue weighted by atomic mass is 9.83. The van der Waals surface area contributed by atoms with E-state index in [1.807, 2.05) is 28.0 Å². The Morgan fingerprint density at radius 2 is 1.93 bits per heavy atom. The molecule has 1 aromatic heterocycles. The minimum absolute atomic E-state index is 0.0560. The first-order chi connectivity index (χ1) is 13.5. The maximum atomic E-state index is 13.5. The molecule has 3 atom stereocenters. The van der Waals surface area contributed by atoms with Crippen LogP contribution >= 0.6 is 0 Å². The van der Waals surface area contributed by atoms with Crippen LogP contribution in [-0.4, -0.2) is 44.9 Å². The van der Waals surface area contributed by atoms with Gasteiger partial charge in [-0.2, -0.15) is 0 Å². The van der Waals surface area contributed by atoms with Gasteiger partial charge in [0.2, 0.25) is 11.7 Å². The Labute approximate surface area is 165 Å². The molecule has 2 fully saturated rings. The molecule has 0 unspecified atom stereocenters. The van der Waals surface area contributed by atoms with Gasteiger partial charge in [0.1, 0.15) is 0 Å². The second-order valence-corrected chi connectivity index (χ2v) is 8.11. The molecule has 2 aliphatic heterocycles. The smallest absolute Gasteiger partial charge is 0.293 e. The van der Waals surface area contributed by atoms with Gasteiger partial charge < -0.3 is 14.3 Å². The van der Waals surface area contributed by atoms with Gasteiger partial charge in [-0.15, -0.1) is 0 Å². The number of hydrogen-bond donors (Lipinski definition) is 0. The topological polar surface area (TPSA) is 66.7 Å². The van der Waals surface area contributed by atoms with Crippen LogP contribution in [0, 0.1) is 0 Å². The van der Waals surface area contributed by atoms with Crippen molar-refractivity contribution in [1.29, 1.82) is 0 Å². The van der Waals surface area contributed by atoms with E-state index in [1.165, 1.54) is 6.20 Å². The summed E-state index contributed by atoms with van der Waals surface area (Å²) in [5.41, 5.74) is 0.689. The zero-order valence-corrected chi connectivity index (χ0v) is 16.5. The molecule has 28 heavy (non-hydrogen) atoms. The summed E-state index contributed by atoms with van der Waals surface area (Å²) in [6.45, 7) is 4.53. The van der Waals surface area contributed by atoms with E-state index in [-0.39, 0.29) is 29.7 Å². The summed E-state index contributed by atoms with van der Waals surface area (Å²) in [5, 5.41) is 3.72. The van der Waals surface area contributed by atoms with Crippen molar-refractivity contribution in [2.24, 2.45) is 0 Å². The van der Waals surface area contributed by atoms with Crippen molar-refractivity contribution in [3.05, 3.63) is 53.9 Å². The summed E-state index contributed by atoms with van der Waals surface area (Å²) in [4.78, 5) is 30.0. The maximum absolute atomic E-state index is 13.5. The molecule has 1 aromatic carbocycles. The first-order valence-corrected chi connectivity index (χ1v) is 10.1. The fourth-order valence-electron chi connectivity index (χ4n) is 5.13. The zero-order chi connectivity index (χ0) is 19.7. The van der Waals surface area contributed by atoms with Gasteiger partial charge in [-0.3, -0.25) is 9.59 Å². The fraction of sp³-hybridized carbons (Fsp3) is 0.500. The number of likely N-dealkylation sites (tertiary alicyclic amines) is 2. The predicted molar refractivity (Wildman–Crippen MR) is 105 cm³/mol. The predicted octanol–water partition coefficient (Wildman–Crippen LogP) is 3.81. The van der Waals surface area contributed by atoms with Crippen LogP contribution in [0.3, 0.4) is 0 Å². The Bertz CT molecular complexity index is 836. The molecule has 4 rings (SSSR count). The van der Waals surface area contributed by atoms with Gasteiger partial charge in [-0.05, 0) is 31.7 Å². The van der Waals surface area contributed by atoms with E-state index in [0.717, 1.165) is 44.2 Å². The van der Waals surface area contributed by atoms with Crippen molar-refractivity contribution in [2.45, 2.75) is 63.6 Å². The highest BCUT2D eigenvalue weighted by Gasteiger charge is 2.55. The number of nitrogens with zero attached hydrogens (tertiary/aromatic N) is 3. The number of rotatable bonds is 2. The Kier molecular flexibility index (Phi) is 4.96. The summed E-state index contributed by atoms with van der Waals surface area (Å²) in [5.74, 6) is 0.181. The molecule has 6 heteroatoms. The Morgan fingerprint density at radius 3 is 2.61 bits per heavy atom. The third-order valence-electron chi connectivity index (χ3n) is 6.42. The number of fused-ring (bicyclic) bond motifs is 1. The van der Waals surface area contributed by atoms with Crippen molar-refractivity contribution < 1.29 is 14.1 Å². The molecule has 2 aliphatic rings. The minimum atomic E-state index is -0.400. The van der Waals surface area contributed by atoms with Crippen molar-refractivity contribution >= 4 is 11.8 Å². The monoisotopic (exact) mass is 381 g/mol. The Morgan fingerprint density at radius 1 is 1.14 bits per heavy atom. The average molecular weight is 381 g/mol. The van der Waals surface area contributed by atoms with Crippen LogP contribution in [0.15, 0.2) is 47.1 Å².